The zero-order valence-electron chi connectivity index (χ0n) is 10.9. The largest absolute Gasteiger partial charge is 0.419 e. The lowest BCUT2D eigenvalue weighted by molar-refractivity contribution is 0.510. The van der Waals surface area contributed by atoms with E-state index < -0.39 is 0 Å². The SMILES string of the molecule is Fc1ccccc1-c1nnc(CNc2cccc(Br)c2)o1. The Balaban J connectivity index is 1.72. The summed E-state index contributed by atoms with van der Waals surface area (Å²) in [5.74, 6) is 0.194. The Hall–Kier alpha value is -2.21. The van der Waals surface area contributed by atoms with Gasteiger partial charge in [-0.3, -0.25) is 0 Å². The summed E-state index contributed by atoms with van der Waals surface area (Å²) in [5.41, 5.74) is 1.23. The number of benzene rings is 2. The lowest BCUT2D eigenvalue weighted by Gasteiger charge is -2.03. The highest BCUT2D eigenvalue weighted by atomic mass is 79.9. The van der Waals surface area contributed by atoms with E-state index >= 15 is 0 Å². The van der Waals surface area contributed by atoms with Crippen LogP contribution in [0.1, 0.15) is 5.89 Å². The minimum atomic E-state index is -0.382. The van der Waals surface area contributed by atoms with Gasteiger partial charge in [0.2, 0.25) is 5.89 Å². The maximum atomic E-state index is 13.6. The summed E-state index contributed by atoms with van der Waals surface area (Å²) in [6.07, 6.45) is 0. The smallest absolute Gasteiger partial charge is 0.250 e. The molecule has 3 rings (SSSR count). The Morgan fingerprint density at radius 3 is 2.76 bits per heavy atom. The van der Waals surface area contributed by atoms with E-state index in [4.69, 9.17) is 4.42 Å². The molecule has 2 aromatic carbocycles. The first-order chi connectivity index (χ1) is 10.2. The molecule has 0 bridgehead atoms. The zero-order chi connectivity index (χ0) is 14.7. The van der Waals surface area contributed by atoms with Gasteiger partial charge in [0.05, 0.1) is 12.1 Å². The maximum absolute atomic E-state index is 13.6. The summed E-state index contributed by atoms with van der Waals surface area (Å²) in [5, 5.41) is 10.9. The second-order valence-corrected chi connectivity index (χ2v) is 5.26. The van der Waals surface area contributed by atoms with Gasteiger partial charge in [-0.05, 0) is 30.3 Å². The molecule has 0 saturated heterocycles. The first-order valence-electron chi connectivity index (χ1n) is 6.29. The van der Waals surface area contributed by atoms with Crippen molar-refractivity contribution >= 4 is 21.6 Å². The molecule has 0 aliphatic rings. The molecule has 0 aliphatic heterocycles. The van der Waals surface area contributed by atoms with Crippen molar-refractivity contribution in [2.45, 2.75) is 6.54 Å². The standard InChI is InChI=1S/C15H11BrFN3O/c16-10-4-3-5-11(8-10)18-9-14-19-20-15(21-14)12-6-1-2-7-13(12)17/h1-8,18H,9H2. The van der Waals surface area contributed by atoms with Crippen molar-refractivity contribution in [2.24, 2.45) is 0 Å². The van der Waals surface area contributed by atoms with Crippen molar-refractivity contribution < 1.29 is 8.81 Å². The molecule has 0 atom stereocenters. The minimum absolute atomic E-state index is 0.180. The highest BCUT2D eigenvalue weighted by molar-refractivity contribution is 9.10. The first kappa shape index (κ1) is 13.8. The normalized spacial score (nSPS) is 10.6. The maximum Gasteiger partial charge on any atom is 0.250 e. The third-order valence-electron chi connectivity index (χ3n) is 2.84. The molecular formula is C15H11BrFN3O. The Morgan fingerprint density at radius 1 is 1.10 bits per heavy atom. The van der Waals surface area contributed by atoms with Gasteiger partial charge in [-0.1, -0.05) is 34.1 Å². The summed E-state index contributed by atoms with van der Waals surface area (Å²) >= 11 is 3.40. The fraction of sp³-hybridized carbons (Fsp3) is 0.0667. The van der Waals surface area contributed by atoms with Crippen LogP contribution < -0.4 is 5.32 Å². The van der Waals surface area contributed by atoms with Crippen LogP contribution in [0, 0.1) is 5.82 Å². The van der Waals surface area contributed by atoms with Gasteiger partial charge in [0, 0.05) is 10.2 Å². The fourth-order valence-corrected chi connectivity index (χ4v) is 2.24. The number of halogens is 2. The topological polar surface area (TPSA) is 51.0 Å². The molecule has 0 saturated carbocycles. The molecule has 1 N–H and O–H groups in total. The van der Waals surface area contributed by atoms with Crippen LogP contribution in [0.15, 0.2) is 57.4 Å². The van der Waals surface area contributed by atoms with Crippen molar-refractivity contribution in [1.29, 1.82) is 0 Å². The summed E-state index contributed by atoms with van der Waals surface area (Å²) in [7, 11) is 0. The van der Waals surface area contributed by atoms with E-state index in [9.17, 15) is 4.39 Å². The van der Waals surface area contributed by atoms with Crippen LogP contribution in [-0.4, -0.2) is 10.2 Å². The molecule has 0 unspecified atom stereocenters. The Morgan fingerprint density at radius 2 is 1.95 bits per heavy atom. The number of nitrogens with zero attached hydrogens (tertiary/aromatic N) is 2. The monoisotopic (exact) mass is 347 g/mol. The summed E-state index contributed by atoms with van der Waals surface area (Å²) in [4.78, 5) is 0. The second kappa shape index (κ2) is 6.05. The van der Waals surface area contributed by atoms with Crippen molar-refractivity contribution in [3.63, 3.8) is 0 Å². The number of nitrogens with one attached hydrogen (secondary N) is 1. The van der Waals surface area contributed by atoms with Crippen LogP contribution in [0.2, 0.25) is 0 Å². The molecule has 0 aliphatic carbocycles. The van der Waals surface area contributed by atoms with Crippen molar-refractivity contribution in [3.8, 4) is 11.5 Å². The lowest BCUT2D eigenvalue weighted by atomic mass is 10.2. The molecule has 106 valence electrons. The van der Waals surface area contributed by atoms with E-state index in [1.165, 1.54) is 6.07 Å². The van der Waals surface area contributed by atoms with E-state index in [1.54, 1.807) is 18.2 Å². The molecule has 4 nitrogen and oxygen atoms in total. The average Bonchev–Trinajstić information content (AvgIpc) is 2.94. The number of hydrogen-bond donors (Lipinski definition) is 1. The van der Waals surface area contributed by atoms with E-state index in [-0.39, 0.29) is 11.7 Å². The highest BCUT2D eigenvalue weighted by Gasteiger charge is 2.12. The third-order valence-corrected chi connectivity index (χ3v) is 3.33. The predicted octanol–water partition coefficient (Wildman–Crippen LogP) is 4.25. The number of anilines is 1. The van der Waals surface area contributed by atoms with Gasteiger partial charge < -0.3 is 9.73 Å². The second-order valence-electron chi connectivity index (χ2n) is 4.34. The number of rotatable bonds is 4. The number of aromatic nitrogens is 2. The van der Waals surface area contributed by atoms with Crippen LogP contribution in [0.4, 0.5) is 10.1 Å². The van der Waals surface area contributed by atoms with Gasteiger partial charge in [0.25, 0.3) is 5.89 Å². The summed E-state index contributed by atoms with van der Waals surface area (Å²) in [6, 6.07) is 14.0. The molecule has 0 radical (unpaired) electrons. The summed E-state index contributed by atoms with van der Waals surface area (Å²) in [6.45, 7) is 0.373. The van der Waals surface area contributed by atoms with Crippen LogP contribution in [0.5, 0.6) is 0 Å². The predicted molar refractivity (Wildman–Crippen MR) is 81.2 cm³/mol. The van der Waals surface area contributed by atoms with Crippen LogP contribution in [-0.2, 0) is 6.54 Å². The Bertz CT molecular complexity index is 760. The molecule has 1 heterocycles. The number of hydrogen-bond acceptors (Lipinski definition) is 4. The van der Waals surface area contributed by atoms with Gasteiger partial charge >= 0.3 is 0 Å². The van der Waals surface area contributed by atoms with Gasteiger partial charge in [-0.15, -0.1) is 10.2 Å². The third kappa shape index (κ3) is 3.28. The van der Waals surface area contributed by atoms with Gasteiger partial charge in [-0.2, -0.15) is 0 Å². The minimum Gasteiger partial charge on any atom is -0.419 e. The molecule has 6 heteroatoms. The van der Waals surface area contributed by atoms with Gasteiger partial charge in [-0.25, -0.2) is 4.39 Å². The molecule has 0 fully saturated rings. The van der Waals surface area contributed by atoms with E-state index in [0.717, 1.165) is 10.2 Å². The van der Waals surface area contributed by atoms with Crippen LogP contribution >= 0.6 is 15.9 Å². The summed E-state index contributed by atoms with van der Waals surface area (Å²) < 4.78 is 20.1. The van der Waals surface area contributed by atoms with E-state index in [0.29, 0.717) is 18.0 Å². The molecule has 0 amide bonds. The molecule has 1 aromatic heterocycles. The van der Waals surface area contributed by atoms with E-state index in [1.807, 2.05) is 24.3 Å². The van der Waals surface area contributed by atoms with E-state index in [2.05, 4.69) is 31.4 Å². The Labute approximate surface area is 129 Å². The Kier molecular flexibility index (Phi) is 3.96. The quantitative estimate of drug-likeness (QED) is 0.766. The van der Waals surface area contributed by atoms with Gasteiger partial charge in [0.1, 0.15) is 5.82 Å². The van der Waals surface area contributed by atoms with Crippen LogP contribution in [0.25, 0.3) is 11.5 Å². The zero-order valence-corrected chi connectivity index (χ0v) is 12.5. The van der Waals surface area contributed by atoms with Gasteiger partial charge in [0.15, 0.2) is 0 Å². The molecule has 3 aromatic rings. The van der Waals surface area contributed by atoms with Crippen LogP contribution in [0.3, 0.4) is 0 Å². The molecular weight excluding hydrogens is 337 g/mol. The van der Waals surface area contributed by atoms with Crippen molar-refractivity contribution in [3.05, 3.63) is 64.7 Å². The fourth-order valence-electron chi connectivity index (χ4n) is 1.84. The highest BCUT2D eigenvalue weighted by Crippen LogP contribution is 2.21. The molecule has 21 heavy (non-hydrogen) atoms. The average molecular weight is 348 g/mol. The lowest BCUT2D eigenvalue weighted by Crippen LogP contribution is -1.99. The van der Waals surface area contributed by atoms with Crippen molar-refractivity contribution in [1.82, 2.24) is 10.2 Å². The first-order valence-corrected chi connectivity index (χ1v) is 7.08. The molecule has 0 spiro atoms. The van der Waals surface area contributed by atoms with Crippen molar-refractivity contribution in [2.75, 3.05) is 5.32 Å².